The standard InChI is InChI=1S/C32H64O2/c1-4-7-9-11-13-15-17-18-20-22-24-26-28-31(30-32(33)34-29-6-3)27-25-23-21-19-16-14-12-10-8-5-2/h31H,4-30H2,1-3H3. The molecule has 0 N–H and O–H groups in total. The zero-order chi connectivity index (χ0) is 25.0. The Labute approximate surface area is 215 Å². The maximum atomic E-state index is 12.2. The molecule has 0 radical (unpaired) electrons. The van der Waals surface area contributed by atoms with Gasteiger partial charge in [0.2, 0.25) is 0 Å². The quantitative estimate of drug-likeness (QED) is 0.0821. The van der Waals surface area contributed by atoms with Gasteiger partial charge in [-0.1, -0.05) is 162 Å². The molecule has 0 aliphatic carbocycles. The molecule has 0 aromatic carbocycles. The predicted octanol–water partition coefficient (Wildman–Crippen LogP) is 11.3. The van der Waals surface area contributed by atoms with E-state index in [0.717, 1.165) is 6.42 Å². The Balaban J connectivity index is 3.82. The second-order valence-electron chi connectivity index (χ2n) is 10.9. The van der Waals surface area contributed by atoms with Gasteiger partial charge < -0.3 is 4.74 Å². The molecule has 204 valence electrons. The number of rotatable bonds is 28. The topological polar surface area (TPSA) is 26.3 Å². The lowest BCUT2D eigenvalue weighted by molar-refractivity contribution is -0.144. The van der Waals surface area contributed by atoms with Gasteiger partial charge in [0.15, 0.2) is 0 Å². The molecule has 0 aliphatic heterocycles. The molecule has 0 aliphatic rings. The number of hydrogen-bond donors (Lipinski definition) is 0. The van der Waals surface area contributed by atoms with Gasteiger partial charge in [-0.05, 0) is 25.2 Å². The van der Waals surface area contributed by atoms with Gasteiger partial charge in [-0.15, -0.1) is 0 Å². The first-order valence-corrected chi connectivity index (χ1v) is 15.9. The highest BCUT2D eigenvalue weighted by Crippen LogP contribution is 2.23. The molecule has 0 rings (SSSR count). The Morgan fingerprint density at radius 1 is 0.471 bits per heavy atom. The zero-order valence-corrected chi connectivity index (χ0v) is 24.0. The van der Waals surface area contributed by atoms with Crippen molar-refractivity contribution in [1.29, 1.82) is 0 Å². The minimum absolute atomic E-state index is 0.0397. The molecular weight excluding hydrogens is 416 g/mol. The number of carbonyl (C=O) groups is 1. The molecule has 1 unspecified atom stereocenters. The highest BCUT2D eigenvalue weighted by atomic mass is 16.5. The van der Waals surface area contributed by atoms with Gasteiger partial charge in [0.25, 0.3) is 0 Å². The lowest BCUT2D eigenvalue weighted by Crippen LogP contribution is -2.12. The zero-order valence-electron chi connectivity index (χ0n) is 24.0. The van der Waals surface area contributed by atoms with Crippen LogP contribution in [0.4, 0.5) is 0 Å². The number of carbonyl (C=O) groups excluding carboxylic acids is 1. The van der Waals surface area contributed by atoms with Gasteiger partial charge in [0, 0.05) is 6.42 Å². The van der Waals surface area contributed by atoms with Crippen molar-refractivity contribution in [1.82, 2.24) is 0 Å². The van der Waals surface area contributed by atoms with Crippen molar-refractivity contribution in [2.24, 2.45) is 5.92 Å². The van der Waals surface area contributed by atoms with Crippen molar-refractivity contribution in [3.05, 3.63) is 0 Å². The molecule has 0 saturated carbocycles. The molecule has 0 spiro atoms. The fourth-order valence-electron chi connectivity index (χ4n) is 5.05. The van der Waals surface area contributed by atoms with Crippen molar-refractivity contribution in [3.8, 4) is 0 Å². The van der Waals surface area contributed by atoms with Crippen LogP contribution in [0.1, 0.15) is 188 Å². The number of unbranched alkanes of at least 4 members (excludes halogenated alkanes) is 20. The molecular formula is C32H64O2. The van der Waals surface area contributed by atoms with E-state index in [4.69, 9.17) is 4.74 Å². The Morgan fingerprint density at radius 3 is 1.12 bits per heavy atom. The Morgan fingerprint density at radius 2 is 0.794 bits per heavy atom. The maximum absolute atomic E-state index is 12.2. The minimum atomic E-state index is 0.0397. The number of ether oxygens (including phenoxy) is 1. The summed E-state index contributed by atoms with van der Waals surface area (Å²) >= 11 is 0. The second kappa shape index (κ2) is 28.7. The van der Waals surface area contributed by atoms with E-state index in [0.29, 0.717) is 18.9 Å². The molecule has 2 nitrogen and oxygen atoms in total. The lowest BCUT2D eigenvalue weighted by Gasteiger charge is -2.16. The molecule has 0 aromatic heterocycles. The third-order valence-corrected chi connectivity index (χ3v) is 7.35. The Hall–Kier alpha value is -0.530. The molecule has 0 amide bonds. The summed E-state index contributed by atoms with van der Waals surface area (Å²) in [6, 6.07) is 0. The van der Waals surface area contributed by atoms with Gasteiger partial charge in [-0.3, -0.25) is 4.79 Å². The summed E-state index contributed by atoms with van der Waals surface area (Å²) in [7, 11) is 0. The van der Waals surface area contributed by atoms with Crippen LogP contribution in [0.5, 0.6) is 0 Å². The summed E-state index contributed by atoms with van der Waals surface area (Å²) < 4.78 is 5.40. The first kappa shape index (κ1) is 33.5. The molecule has 0 heterocycles. The highest BCUT2D eigenvalue weighted by Gasteiger charge is 2.14. The van der Waals surface area contributed by atoms with Crippen LogP contribution in [0, 0.1) is 5.92 Å². The van der Waals surface area contributed by atoms with Crippen molar-refractivity contribution < 1.29 is 9.53 Å². The smallest absolute Gasteiger partial charge is 0.306 e. The third-order valence-electron chi connectivity index (χ3n) is 7.35. The van der Waals surface area contributed by atoms with Crippen molar-refractivity contribution in [2.75, 3.05) is 6.61 Å². The van der Waals surface area contributed by atoms with Crippen LogP contribution in [-0.4, -0.2) is 12.6 Å². The fraction of sp³-hybridized carbons (Fsp3) is 0.969. The molecule has 0 bridgehead atoms. The summed E-state index contributed by atoms with van der Waals surface area (Å²) in [5, 5.41) is 0. The van der Waals surface area contributed by atoms with Crippen LogP contribution in [0.15, 0.2) is 0 Å². The Kier molecular flexibility index (Phi) is 28.3. The Bertz CT molecular complexity index is 392. The highest BCUT2D eigenvalue weighted by molar-refractivity contribution is 5.69. The van der Waals surface area contributed by atoms with Gasteiger partial charge in [0.05, 0.1) is 6.61 Å². The normalized spacial score (nSPS) is 12.2. The average Bonchev–Trinajstić information content (AvgIpc) is 2.84. The van der Waals surface area contributed by atoms with E-state index in [1.54, 1.807) is 0 Å². The second-order valence-corrected chi connectivity index (χ2v) is 10.9. The number of hydrogen-bond acceptors (Lipinski definition) is 2. The summed E-state index contributed by atoms with van der Waals surface area (Å²) in [5.41, 5.74) is 0. The van der Waals surface area contributed by atoms with Crippen LogP contribution < -0.4 is 0 Å². The van der Waals surface area contributed by atoms with E-state index in [-0.39, 0.29) is 5.97 Å². The van der Waals surface area contributed by atoms with E-state index < -0.39 is 0 Å². The largest absolute Gasteiger partial charge is 0.466 e. The summed E-state index contributed by atoms with van der Waals surface area (Å²) in [6.45, 7) is 7.23. The van der Waals surface area contributed by atoms with Crippen molar-refractivity contribution in [3.63, 3.8) is 0 Å². The predicted molar refractivity (Wildman–Crippen MR) is 152 cm³/mol. The van der Waals surface area contributed by atoms with Crippen LogP contribution in [0.3, 0.4) is 0 Å². The summed E-state index contributed by atoms with van der Waals surface area (Å²) in [4.78, 5) is 12.2. The minimum Gasteiger partial charge on any atom is -0.466 e. The van der Waals surface area contributed by atoms with Gasteiger partial charge in [-0.2, -0.15) is 0 Å². The fourth-order valence-corrected chi connectivity index (χ4v) is 5.05. The van der Waals surface area contributed by atoms with Crippen LogP contribution in [0.25, 0.3) is 0 Å². The molecule has 34 heavy (non-hydrogen) atoms. The molecule has 2 heteroatoms. The lowest BCUT2D eigenvalue weighted by atomic mass is 9.91. The van der Waals surface area contributed by atoms with E-state index in [2.05, 4.69) is 20.8 Å². The summed E-state index contributed by atoms with van der Waals surface area (Å²) in [6.07, 6.45) is 34.6. The van der Waals surface area contributed by atoms with Gasteiger partial charge >= 0.3 is 5.97 Å². The first-order valence-electron chi connectivity index (χ1n) is 15.9. The van der Waals surface area contributed by atoms with E-state index in [1.165, 1.54) is 154 Å². The molecule has 0 saturated heterocycles. The van der Waals surface area contributed by atoms with Crippen molar-refractivity contribution in [2.45, 2.75) is 188 Å². The average molecular weight is 481 g/mol. The summed E-state index contributed by atoms with van der Waals surface area (Å²) in [5.74, 6) is 0.583. The van der Waals surface area contributed by atoms with E-state index >= 15 is 0 Å². The van der Waals surface area contributed by atoms with Crippen LogP contribution in [0.2, 0.25) is 0 Å². The first-order chi connectivity index (χ1) is 16.7. The van der Waals surface area contributed by atoms with Crippen LogP contribution in [-0.2, 0) is 9.53 Å². The van der Waals surface area contributed by atoms with Gasteiger partial charge in [-0.25, -0.2) is 0 Å². The molecule has 1 atom stereocenters. The van der Waals surface area contributed by atoms with Gasteiger partial charge in [0.1, 0.15) is 0 Å². The number of esters is 1. The van der Waals surface area contributed by atoms with Crippen molar-refractivity contribution >= 4 is 5.97 Å². The third kappa shape index (κ3) is 26.1. The SMILES string of the molecule is CCCCCCCCCCCCCCC(CCCCCCCCCCCC)CC(=O)OCCC. The van der Waals surface area contributed by atoms with E-state index in [1.807, 2.05) is 0 Å². The van der Waals surface area contributed by atoms with Crippen LogP contribution >= 0.6 is 0 Å². The van der Waals surface area contributed by atoms with E-state index in [9.17, 15) is 4.79 Å². The molecule has 0 fully saturated rings. The maximum Gasteiger partial charge on any atom is 0.306 e. The molecule has 0 aromatic rings. The monoisotopic (exact) mass is 480 g/mol.